The number of rotatable bonds is 3. The van der Waals surface area contributed by atoms with E-state index in [0.717, 1.165) is 12.8 Å². The maximum absolute atomic E-state index is 4.68. The zero-order valence-electron chi connectivity index (χ0n) is 8.88. The highest BCUT2D eigenvalue weighted by Crippen LogP contribution is 2.32. The maximum atomic E-state index is 4.68. The third-order valence-corrected chi connectivity index (χ3v) is 3.59. The van der Waals surface area contributed by atoms with Crippen molar-refractivity contribution in [3.8, 4) is 0 Å². The van der Waals surface area contributed by atoms with E-state index in [2.05, 4.69) is 45.6 Å². The second-order valence-electron chi connectivity index (χ2n) is 3.68. The summed E-state index contributed by atoms with van der Waals surface area (Å²) in [6, 6.07) is 0. The molecule has 1 rings (SSSR count). The van der Waals surface area contributed by atoms with Gasteiger partial charge in [0.2, 0.25) is 0 Å². The van der Waals surface area contributed by atoms with Crippen LogP contribution in [0.25, 0.3) is 0 Å². The Kier molecular flexibility index (Phi) is 4.11. The van der Waals surface area contributed by atoms with E-state index < -0.39 is 0 Å². The Morgan fingerprint density at radius 3 is 2.38 bits per heavy atom. The molecule has 0 nitrogen and oxygen atoms in total. The second kappa shape index (κ2) is 4.90. The molecule has 0 amide bonds. The molecule has 1 heteroatoms. The smallest absolute Gasteiger partial charge is 0.0292 e. The standard InChI is InChI=1S/C12H20S/c1-4-9-7-10(5-2)12(13)11(6-3)8-9/h7-8,10,12-13H,4-6H2,1-3H3. The van der Waals surface area contributed by atoms with Crippen molar-refractivity contribution in [1.29, 1.82) is 0 Å². The third kappa shape index (κ3) is 2.40. The Morgan fingerprint density at radius 2 is 1.92 bits per heavy atom. The van der Waals surface area contributed by atoms with Gasteiger partial charge in [-0.15, -0.1) is 0 Å². The van der Waals surface area contributed by atoms with E-state index in [4.69, 9.17) is 0 Å². The molecule has 0 N–H and O–H groups in total. The van der Waals surface area contributed by atoms with Crippen LogP contribution in [0.15, 0.2) is 23.3 Å². The Bertz CT molecular complexity index is 225. The van der Waals surface area contributed by atoms with E-state index in [1.807, 2.05) is 0 Å². The van der Waals surface area contributed by atoms with Crippen LogP contribution in [0.2, 0.25) is 0 Å². The molecule has 0 saturated carbocycles. The zero-order valence-corrected chi connectivity index (χ0v) is 9.77. The fourth-order valence-electron chi connectivity index (χ4n) is 1.88. The van der Waals surface area contributed by atoms with Crippen molar-refractivity contribution < 1.29 is 0 Å². The molecular formula is C12H20S. The van der Waals surface area contributed by atoms with Gasteiger partial charge in [0.05, 0.1) is 0 Å². The summed E-state index contributed by atoms with van der Waals surface area (Å²) in [5, 5.41) is 0.463. The summed E-state index contributed by atoms with van der Waals surface area (Å²) >= 11 is 4.68. The average molecular weight is 196 g/mol. The molecule has 2 unspecified atom stereocenters. The SMILES string of the molecule is CCC1=CC(CC)C(S)C(CC)=C1. The Labute approximate surface area is 87.5 Å². The molecule has 0 aliphatic heterocycles. The molecule has 2 atom stereocenters. The topological polar surface area (TPSA) is 0 Å². The lowest BCUT2D eigenvalue weighted by atomic mass is 9.86. The first-order valence-electron chi connectivity index (χ1n) is 5.32. The highest BCUT2D eigenvalue weighted by molar-refractivity contribution is 7.81. The van der Waals surface area contributed by atoms with Crippen molar-refractivity contribution in [3.63, 3.8) is 0 Å². The van der Waals surface area contributed by atoms with Gasteiger partial charge >= 0.3 is 0 Å². The van der Waals surface area contributed by atoms with Gasteiger partial charge in [-0.3, -0.25) is 0 Å². The fourth-order valence-corrected chi connectivity index (χ4v) is 2.44. The number of thiol groups is 1. The van der Waals surface area contributed by atoms with Crippen molar-refractivity contribution in [2.45, 2.75) is 45.3 Å². The largest absolute Gasteiger partial charge is 0.171 e. The van der Waals surface area contributed by atoms with E-state index in [1.165, 1.54) is 17.6 Å². The summed E-state index contributed by atoms with van der Waals surface area (Å²) in [6.45, 7) is 6.69. The molecule has 74 valence electrons. The lowest BCUT2D eigenvalue weighted by molar-refractivity contribution is 0.612. The zero-order chi connectivity index (χ0) is 9.84. The van der Waals surface area contributed by atoms with Crippen LogP contribution in [-0.4, -0.2) is 5.25 Å². The molecule has 0 bridgehead atoms. The van der Waals surface area contributed by atoms with Crippen molar-refractivity contribution in [3.05, 3.63) is 23.3 Å². The van der Waals surface area contributed by atoms with Gasteiger partial charge in [-0.05, 0) is 25.2 Å². The van der Waals surface area contributed by atoms with E-state index >= 15 is 0 Å². The van der Waals surface area contributed by atoms with Gasteiger partial charge in [-0.25, -0.2) is 0 Å². The molecule has 0 saturated heterocycles. The van der Waals surface area contributed by atoms with Crippen LogP contribution < -0.4 is 0 Å². The summed E-state index contributed by atoms with van der Waals surface area (Å²) in [6.07, 6.45) is 8.23. The summed E-state index contributed by atoms with van der Waals surface area (Å²) in [7, 11) is 0. The van der Waals surface area contributed by atoms with Crippen LogP contribution in [0, 0.1) is 5.92 Å². The van der Waals surface area contributed by atoms with Gasteiger partial charge in [0.15, 0.2) is 0 Å². The molecule has 0 aromatic heterocycles. The maximum Gasteiger partial charge on any atom is 0.0292 e. The van der Waals surface area contributed by atoms with E-state index in [0.29, 0.717) is 11.2 Å². The van der Waals surface area contributed by atoms with Crippen LogP contribution in [0.3, 0.4) is 0 Å². The second-order valence-corrected chi connectivity index (χ2v) is 4.24. The van der Waals surface area contributed by atoms with Crippen molar-refractivity contribution in [1.82, 2.24) is 0 Å². The molecule has 0 aromatic rings. The van der Waals surface area contributed by atoms with E-state index in [9.17, 15) is 0 Å². The first-order chi connectivity index (χ1) is 6.22. The molecule has 13 heavy (non-hydrogen) atoms. The number of hydrogen-bond acceptors (Lipinski definition) is 1. The quantitative estimate of drug-likeness (QED) is 0.648. The fraction of sp³-hybridized carbons (Fsp3) is 0.667. The normalized spacial score (nSPS) is 28.3. The summed E-state index contributed by atoms with van der Waals surface area (Å²) < 4.78 is 0. The van der Waals surface area contributed by atoms with Gasteiger partial charge in [0, 0.05) is 5.25 Å². The lowest BCUT2D eigenvalue weighted by Crippen LogP contribution is -2.18. The first kappa shape index (κ1) is 10.9. The van der Waals surface area contributed by atoms with Crippen LogP contribution >= 0.6 is 12.6 Å². The van der Waals surface area contributed by atoms with Gasteiger partial charge in [-0.2, -0.15) is 12.6 Å². The van der Waals surface area contributed by atoms with E-state index in [-0.39, 0.29) is 0 Å². The van der Waals surface area contributed by atoms with Crippen LogP contribution in [0.4, 0.5) is 0 Å². The van der Waals surface area contributed by atoms with Crippen molar-refractivity contribution in [2.75, 3.05) is 0 Å². The Balaban J connectivity index is 2.85. The molecule has 0 fully saturated rings. The van der Waals surface area contributed by atoms with Gasteiger partial charge in [-0.1, -0.05) is 44.1 Å². The average Bonchev–Trinajstić information content (AvgIpc) is 2.18. The molecule has 0 heterocycles. The predicted octanol–water partition coefficient (Wildman–Crippen LogP) is 4.00. The summed E-state index contributed by atoms with van der Waals surface area (Å²) in [5.74, 6) is 0.651. The first-order valence-corrected chi connectivity index (χ1v) is 5.83. The third-order valence-electron chi connectivity index (χ3n) is 2.87. The number of hydrogen-bond donors (Lipinski definition) is 1. The van der Waals surface area contributed by atoms with Crippen LogP contribution in [0.1, 0.15) is 40.0 Å². The number of allylic oxidation sites excluding steroid dienone is 3. The van der Waals surface area contributed by atoms with Gasteiger partial charge in [0.1, 0.15) is 0 Å². The predicted molar refractivity (Wildman–Crippen MR) is 63.3 cm³/mol. The minimum absolute atomic E-state index is 0.463. The molecule has 0 spiro atoms. The Hall–Kier alpha value is -0.170. The van der Waals surface area contributed by atoms with Crippen molar-refractivity contribution >= 4 is 12.6 Å². The Morgan fingerprint density at radius 1 is 1.23 bits per heavy atom. The molecule has 1 aliphatic rings. The highest BCUT2D eigenvalue weighted by atomic mass is 32.1. The molecule has 0 radical (unpaired) electrons. The molecular weight excluding hydrogens is 176 g/mol. The minimum Gasteiger partial charge on any atom is -0.171 e. The van der Waals surface area contributed by atoms with Gasteiger partial charge in [0.25, 0.3) is 0 Å². The molecule has 0 aromatic carbocycles. The van der Waals surface area contributed by atoms with Crippen LogP contribution in [0.5, 0.6) is 0 Å². The van der Waals surface area contributed by atoms with Crippen LogP contribution in [-0.2, 0) is 0 Å². The van der Waals surface area contributed by atoms with Gasteiger partial charge < -0.3 is 0 Å². The summed E-state index contributed by atoms with van der Waals surface area (Å²) in [4.78, 5) is 0. The summed E-state index contributed by atoms with van der Waals surface area (Å²) in [5.41, 5.74) is 3.00. The minimum atomic E-state index is 0.463. The molecule has 1 aliphatic carbocycles. The highest BCUT2D eigenvalue weighted by Gasteiger charge is 2.21. The van der Waals surface area contributed by atoms with Crippen molar-refractivity contribution in [2.24, 2.45) is 5.92 Å². The van der Waals surface area contributed by atoms with E-state index in [1.54, 1.807) is 0 Å². The monoisotopic (exact) mass is 196 g/mol. The lowest BCUT2D eigenvalue weighted by Gasteiger charge is -2.26.